The molecular formula is C6H16IN4+. The molecule has 0 amide bonds. The van der Waals surface area contributed by atoms with Crippen LogP contribution in [0.15, 0.2) is 0 Å². The molecule has 1 fully saturated rings. The Kier molecular flexibility index (Phi) is 6.63. The molecule has 1 saturated heterocycles. The summed E-state index contributed by atoms with van der Waals surface area (Å²) >= 11 is 2.15. The van der Waals surface area contributed by atoms with Crippen molar-refractivity contribution in [1.29, 1.82) is 5.41 Å². The van der Waals surface area contributed by atoms with Crippen LogP contribution in [0.25, 0.3) is 0 Å². The van der Waals surface area contributed by atoms with Gasteiger partial charge in [-0.05, 0) is 4.93 Å². The molecule has 0 saturated carbocycles. The van der Waals surface area contributed by atoms with Crippen molar-refractivity contribution in [3.8, 4) is 0 Å². The maximum absolute atomic E-state index is 7.06. The zero-order valence-corrected chi connectivity index (χ0v) is 8.89. The van der Waals surface area contributed by atoms with Gasteiger partial charge in [0.2, 0.25) is 0 Å². The fraction of sp³-hybridized carbons (Fsp3) is 0.833. The molecule has 4 N–H and O–H groups in total. The lowest BCUT2D eigenvalue weighted by molar-refractivity contribution is 0.352. The Morgan fingerprint density at radius 3 is 2.27 bits per heavy atom. The highest BCUT2D eigenvalue weighted by Gasteiger charge is 2.08. The molecule has 66 valence electrons. The minimum atomic E-state index is 0. The predicted molar refractivity (Wildman–Crippen MR) is 57.4 cm³/mol. The minimum Gasteiger partial charge on any atom is -0.370 e. The van der Waals surface area contributed by atoms with Crippen molar-refractivity contribution in [1.82, 2.24) is 10.2 Å². The number of nitrogens with zero attached hydrogens (tertiary/aromatic N) is 1. The molecule has 4 nitrogen and oxygen atoms in total. The number of nitrogens with one attached hydrogen (secondary N) is 2. The monoisotopic (exact) mass is 271 g/mol. The molecular weight excluding hydrogens is 255 g/mol. The molecule has 1 heterocycles. The molecule has 5 heteroatoms. The molecule has 0 aliphatic carbocycles. The predicted octanol–water partition coefficient (Wildman–Crippen LogP) is -0.0512. The average Bonchev–Trinajstić information content (AvgIpc) is 2.10. The molecule has 0 aromatic heterocycles. The van der Waals surface area contributed by atoms with E-state index in [9.17, 15) is 0 Å². The number of rotatable bonds is 0. The van der Waals surface area contributed by atoms with E-state index in [0.29, 0.717) is 0 Å². The molecule has 0 radical (unpaired) electrons. The van der Waals surface area contributed by atoms with Crippen LogP contribution in [0.2, 0.25) is 0 Å². The zero-order chi connectivity index (χ0) is 8.69. The Hall–Kier alpha value is -0.0400. The van der Waals surface area contributed by atoms with Crippen LogP contribution in [0.5, 0.6) is 0 Å². The second-order valence-electron chi connectivity index (χ2n) is 2.12. The van der Waals surface area contributed by atoms with Crippen LogP contribution in [0.4, 0.5) is 0 Å². The van der Waals surface area contributed by atoms with Crippen LogP contribution in [0.3, 0.4) is 0 Å². The lowest BCUT2D eigenvalue weighted by atomic mass is 10.4. The summed E-state index contributed by atoms with van der Waals surface area (Å²) in [4.78, 5) is 3.83. The summed E-state index contributed by atoms with van der Waals surface area (Å²) in [6.45, 7) is 3.63. The summed E-state index contributed by atoms with van der Waals surface area (Å²) in [5.74, 6) is 0.191. The van der Waals surface area contributed by atoms with Crippen LogP contribution < -0.4 is 11.1 Å². The van der Waals surface area contributed by atoms with Gasteiger partial charge >= 0.3 is 1.43 Å². The first-order valence-electron chi connectivity index (χ1n) is 3.48. The maximum atomic E-state index is 7.06. The Labute approximate surface area is 82.6 Å². The largest absolute Gasteiger partial charge is 1.00 e. The highest BCUT2D eigenvalue weighted by Crippen LogP contribution is 1.88. The van der Waals surface area contributed by atoms with Gasteiger partial charge < -0.3 is 16.0 Å². The van der Waals surface area contributed by atoms with Crippen LogP contribution in [-0.4, -0.2) is 42.0 Å². The summed E-state index contributed by atoms with van der Waals surface area (Å²) < 4.78 is 0. The van der Waals surface area contributed by atoms with E-state index in [-0.39, 0.29) is 7.39 Å². The first kappa shape index (κ1) is 11.0. The van der Waals surface area contributed by atoms with E-state index in [4.69, 9.17) is 11.1 Å². The van der Waals surface area contributed by atoms with Crippen molar-refractivity contribution in [2.45, 2.75) is 0 Å². The molecule has 1 aliphatic rings. The normalized spacial score (nSPS) is 16.7. The number of hydrogen-bond donors (Lipinski definition) is 3. The quantitative estimate of drug-likeness (QED) is 0.250. The van der Waals surface area contributed by atoms with E-state index in [1.807, 2.05) is 9.83 Å². The molecule has 0 bridgehead atoms. The topological polar surface area (TPSA) is 65.1 Å². The second-order valence-corrected chi connectivity index (χ2v) is 2.12. The van der Waals surface area contributed by atoms with E-state index in [0.717, 1.165) is 26.2 Å². The second kappa shape index (κ2) is 6.66. The maximum Gasteiger partial charge on any atom is 1.00 e. The number of alkyl halides is 1. The summed E-state index contributed by atoms with van der Waals surface area (Å²) in [6, 6.07) is 0. The number of guanidine groups is 1. The third-order valence-electron chi connectivity index (χ3n) is 1.46. The molecule has 1 aliphatic heterocycles. The Balaban J connectivity index is 0. The van der Waals surface area contributed by atoms with Gasteiger partial charge in [0.05, 0.1) is 0 Å². The zero-order valence-electron chi connectivity index (χ0n) is 7.73. The van der Waals surface area contributed by atoms with Crippen molar-refractivity contribution >= 4 is 28.6 Å². The van der Waals surface area contributed by atoms with Crippen molar-refractivity contribution in [3.05, 3.63) is 0 Å². The minimum absolute atomic E-state index is 0. The molecule has 0 atom stereocenters. The standard InChI is InChI=1S/C5H12N4.CH3I/c6-5(7)9-3-1-8-2-4-9;1-2/h8H,1-4H2,(H3,6,7);1H3/p+1. The smallest absolute Gasteiger partial charge is 0.370 e. The van der Waals surface area contributed by atoms with Crippen molar-refractivity contribution in [2.24, 2.45) is 5.73 Å². The van der Waals surface area contributed by atoms with E-state index in [1.165, 1.54) is 0 Å². The third-order valence-corrected chi connectivity index (χ3v) is 1.46. The van der Waals surface area contributed by atoms with Gasteiger partial charge in [0.1, 0.15) is 0 Å². The summed E-state index contributed by atoms with van der Waals surface area (Å²) in [6.07, 6.45) is 0. The molecule has 1 rings (SSSR count). The van der Waals surface area contributed by atoms with E-state index >= 15 is 0 Å². The van der Waals surface area contributed by atoms with Crippen LogP contribution in [0, 0.1) is 5.41 Å². The molecule has 11 heavy (non-hydrogen) atoms. The van der Waals surface area contributed by atoms with Crippen molar-refractivity contribution in [2.75, 3.05) is 31.1 Å². The van der Waals surface area contributed by atoms with Crippen LogP contribution in [-0.2, 0) is 0 Å². The number of nitrogens with two attached hydrogens (primary N) is 1. The Morgan fingerprint density at radius 1 is 1.55 bits per heavy atom. The number of halogens is 1. The van der Waals surface area contributed by atoms with Gasteiger partial charge in [0, 0.05) is 26.2 Å². The van der Waals surface area contributed by atoms with Crippen LogP contribution >= 0.6 is 22.6 Å². The number of piperazine rings is 1. The van der Waals surface area contributed by atoms with E-state index < -0.39 is 0 Å². The van der Waals surface area contributed by atoms with Gasteiger partial charge in [-0.15, -0.1) is 0 Å². The van der Waals surface area contributed by atoms with Gasteiger partial charge in [-0.25, -0.2) is 0 Å². The van der Waals surface area contributed by atoms with Crippen molar-refractivity contribution in [3.63, 3.8) is 0 Å². The van der Waals surface area contributed by atoms with Gasteiger partial charge in [0.15, 0.2) is 5.96 Å². The highest BCUT2D eigenvalue weighted by molar-refractivity contribution is 14.1. The van der Waals surface area contributed by atoms with Gasteiger partial charge in [0.25, 0.3) is 0 Å². The summed E-state index contributed by atoms with van der Waals surface area (Å²) in [5.41, 5.74) is 5.25. The first-order chi connectivity index (χ1) is 5.30. The van der Waals surface area contributed by atoms with Gasteiger partial charge in [-0.1, -0.05) is 22.6 Å². The lowest BCUT2D eigenvalue weighted by Crippen LogP contribution is -2.48. The molecule has 0 aromatic carbocycles. The average molecular weight is 271 g/mol. The Bertz CT molecular complexity index is 116. The van der Waals surface area contributed by atoms with Gasteiger partial charge in [-0.2, -0.15) is 0 Å². The summed E-state index contributed by atoms with van der Waals surface area (Å²) in [7, 11) is 0. The third kappa shape index (κ3) is 4.41. The first-order valence-corrected chi connectivity index (χ1v) is 5.64. The number of hydrogen-bond acceptors (Lipinski definition) is 2. The van der Waals surface area contributed by atoms with Gasteiger partial charge in [-0.3, -0.25) is 5.41 Å². The Morgan fingerprint density at radius 2 is 2.00 bits per heavy atom. The molecule has 0 aromatic rings. The van der Waals surface area contributed by atoms with E-state index in [2.05, 4.69) is 27.9 Å². The van der Waals surface area contributed by atoms with Crippen LogP contribution in [0.1, 0.15) is 1.43 Å². The molecule has 0 unspecified atom stereocenters. The summed E-state index contributed by atoms with van der Waals surface area (Å²) in [5, 5.41) is 10.2. The van der Waals surface area contributed by atoms with Crippen molar-refractivity contribution < 1.29 is 1.43 Å². The SMILES string of the molecule is CI.N=C(N)N1CCNCC1.[H+]. The highest BCUT2D eigenvalue weighted by atomic mass is 127. The fourth-order valence-electron chi connectivity index (χ4n) is 0.906. The fourth-order valence-corrected chi connectivity index (χ4v) is 0.906. The molecule has 0 spiro atoms. The van der Waals surface area contributed by atoms with E-state index in [1.54, 1.807) is 0 Å². The lowest BCUT2D eigenvalue weighted by Gasteiger charge is -2.27.